The molecule has 0 aromatic rings. The van der Waals surface area contributed by atoms with Crippen molar-refractivity contribution >= 4 is 19.9 Å². The van der Waals surface area contributed by atoms with E-state index in [0.29, 0.717) is 0 Å². The van der Waals surface area contributed by atoms with Gasteiger partial charge in [0, 0.05) is 0 Å². The molecule has 0 fully saturated rings. The van der Waals surface area contributed by atoms with Gasteiger partial charge in [-0.05, 0) is 0 Å². The van der Waals surface area contributed by atoms with Crippen molar-refractivity contribution in [1.29, 1.82) is 0 Å². The molecule has 5 N–H and O–H groups in total. The molecule has 16 heavy (non-hydrogen) atoms. The van der Waals surface area contributed by atoms with Gasteiger partial charge < -0.3 is 25.1 Å². The van der Waals surface area contributed by atoms with Crippen molar-refractivity contribution in [2.75, 3.05) is 6.61 Å². The number of aliphatic hydroxyl groups excluding tert-OH is 3. The van der Waals surface area contributed by atoms with Crippen LogP contribution in [0.3, 0.4) is 0 Å². The van der Waals surface area contributed by atoms with Gasteiger partial charge in [0.1, 0.15) is 18.3 Å². The second kappa shape index (κ2) is 6.16. The Morgan fingerprint density at radius 1 is 1.31 bits per heavy atom. The Morgan fingerprint density at radius 3 is 2.19 bits per heavy atom. The minimum atomic E-state index is -4.83. The number of carbonyl (C=O) groups is 2. The molecule has 0 aliphatic rings. The summed E-state index contributed by atoms with van der Waals surface area (Å²) in [4.78, 5) is 37.0. The molecule has 0 amide bonds. The highest BCUT2D eigenvalue weighted by atomic mass is 31.2. The Kier molecular flexibility index (Phi) is 5.90. The molecule has 0 aromatic carbocycles. The van der Waals surface area contributed by atoms with Crippen molar-refractivity contribution in [3.05, 3.63) is 0 Å². The maximum atomic E-state index is 10.6. The summed E-state index contributed by atoms with van der Waals surface area (Å²) in [5, 5.41) is 27.1. The molecule has 9 nitrogen and oxygen atoms in total. The van der Waals surface area contributed by atoms with E-state index in [1.165, 1.54) is 0 Å². The summed E-state index contributed by atoms with van der Waals surface area (Å²) in [6.45, 7) is -1.01. The molecule has 0 heterocycles. The van der Waals surface area contributed by atoms with E-state index in [1.807, 2.05) is 0 Å². The van der Waals surface area contributed by atoms with Gasteiger partial charge in [-0.15, -0.1) is 0 Å². The zero-order valence-electron chi connectivity index (χ0n) is 7.83. The van der Waals surface area contributed by atoms with E-state index in [-0.39, 0.29) is 6.29 Å². The second-order valence-electron chi connectivity index (χ2n) is 2.81. The molecule has 0 aliphatic heterocycles. The first-order valence-corrected chi connectivity index (χ1v) is 5.45. The van der Waals surface area contributed by atoms with Crippen molar-refractivity contribution < 1.29 is 43.8 Å². The van der Waals surface area contributed by atoms with Gasteiger partial charge in [0.25, 0.3) is 0 Å². The molecule has 0 aromatic heterocycles. The lowest BCUT2D eigenvalue weighted by atomic mass is 10.1. The molecule has 94 valence electrons. The van der Waals surface area contributed by atoms with Crippen molar-refractivity contribution in [3.63, 3.8) is 0 Å². The van der Waals surface area contributed by atoms with Gasteiger partial charge in [0.05, 0.1) is 6.61 Å². The average Bonchev–Trinajstić information content (AvgIpc) is 2.21. The number of carbonyl (C=O) groups excluding carboxylic acids is 2. The van der Waals surface area contributed by atoms with E-state index in [0.717, 1.165) is 0 Å². The van der Waals surface area contributed by atoms with Gasteiger partial charge in [0.15, 0.2) is 6.29 Å². The van der Waals surface area contributed by atoms with Crippen LogP contribution in [0.1, 0.15) is 0 Å². The smallest absolute Gasteiger partial charge is 0.388 e. The normalized spacial score (nSPS) is 17.6. The molecule has 0 radical (unpaired) electrons. The first-order valence-electron chi connectivity index (χ1n) is 3.92. The number of Topliss-reactive ketones (excluding diaryl/α,β-unsaturated/α-hetero) is 1. The van der Waals surface area contributed by atoms with E-state index >= 15 is 0 Å². The molecule has 0 aliphatic carbocycles. The van der Waals surface area contributed by atoms with Crippen molar-refractivity contribution in [3.8, 4) is 0 Å². The highest BCUT2D eigenvalue weighted by Crippen LogP contribution is 2.35. The van der Waals surface area contributed by atoms with E-state index in [9.17, 15) is 14.2 Å². The van der Waals surface area contributed by atoms with Crippen LogP contribution in [-0.2, 0) is 18.7 Å². The number of phosphoric acid groups is 1. The Morgan fingerprint density at radius 2 is 1.81 bits per heavy atom. The lowest BCUT2D eigenvalue weighted by Crippen LogP contribution is -2.44. The molecule has 0 unspecified atom stereocenters. The van der Waals surface area contributed by atoms with Gasteiger partial charge in [-0.25, -0.2) is 4.57 Å². The predicted molar refractivity (Wildman–Crippen MR) is 47.1 cm³/mol. The van der Waals surface area contributed by atoms with Crippen LogP contribution >= 0.6 is 7.82 Å². The summed E-state index contributed by atoms with van der Waals surface area (Å²) in [7, 11) is -4.83. The lowest BCUT2D eigenvalue weighted by Gasteiger charge is -2.20. The van der Waals surface area contributed by atoms with Gasteiger partial charge in [-0.2, -0.15) is 0 Å². The summed E-state index contributed by atoms with van der Waals surface area (Å²) in [5.74, 6) is -1.37. The van der Waals surface area contributed by atoms with Gasteiger partial charge in [-0.1, -0.05) is 0 Å². The predicted octanol–water partition coefficient (Wildman–Crippen LogP) is -3.05. The summed E-state index contributed by atoms with van der Waals surface area (Å²) < 4.78 is 14.0. The number of hydrogen-bond donors (Lipinski definition) is 5. The Labute approximate surface area is 89.5 Å². The zero-order valence-corrected chi connectivity index (χ0v) is 8.73. The van der Waals surface area contributed by atoms with Crippen molar-refractivity contribution in [2.24, 2.45) is 0 Å². The molecular formula is C6H11O9P. The minimum absolute atomic E-state index is 0.259. The fraction of sp³-hybridized carbons (Fsp3) is 0.667. The Bertz CT molecular complexity index is 296. The van der Waals surface area contributed by atoms with Gasteiger partial charge in [-0.3, -0.25) is 14.1 Å². The maximum Gasteiger partial charge on any atom is 0.469 e. The third-order valence-electron chi connectivity index (χ3n) is 1.54. The summed E-state index contributed by atoms with van der Waals surface area (Å²) in [6, 6.07) is 0. The fourth-order valence-corrected chi connectivity index (χ4v) is 1.07. The largest absolute Gasteiger partial charge is 0.469 e. The molecule has 0 bridgehead atoms. The molecular weight excluding hydrogens is 247 g/mol. The van der Waals surface area contributed by atoms with E-state index in [2.05, 4.69) is 4.52 Å². The molecule has 0 saturated heterocycles. The highest BCUT2D eigenvalue weighted by Gasteiger charge is 2.31. The third kappa shape index (κ3) is 5.42. The van der Waals surface area contributed by atoms with Crippen LogP contribution in [0.4, 0.5) is 0 Å². The third-order valence-corrected chi connectivity index (χ3v) is 2.02. The van der Waals surface area contributed by atoms with E-state index in [1.54, 1.807) is 0 Å². The maximum absolute atomic E-state index is 10.6. The Balaban J connectivity index is 4.28. The van der Waals surface area contributed by atoms with Crippen LogP contribution in [0.15, 0.2) is 0 Å². The Hall–Kier alpha value is -0.670. The standard InChI is InChI=1S/C6H11O9P/c7-1-3(8)5(10)6(11)4(9)2-15-16(12,13)14/h1,4-6,9-11H,2H2,(H2,12,13,14)/t4-,5+,6-/m1/s1. The number of phosphoric ester groups is 1. The topological polar surface area (TPSA) is 162 Å². The second-order valence-corrected chi connectivity index (χ2v) is 4.05. The summed E-state index contributed by atoms with van der Waals surface area (Å²) >= 11 is 0. The number of aldehydes is 1. The quantitative estimate of drug-likeness (QED) is 0.181. The first kappa shape index (κ1) is 15.3. The zero-order chi connectivity index (χ0) is 12.9. The van der Waals surface area contributed by atoms with Crippen LogP contribution in [0.25, 0.3) is 0 Å². The number of rotatable bonds is 7. The van der Waals surface area contributed by atoms with Crippen LogP contribution in [-0.4, -0.2) is 62.1 Å². The summed E-state index contributed by atoms with van der Waals surface area (Å²) in [5.41, 5.74) is 0. The minimum Gasteiger partial charge on any atom is -0.388 e. The number of aliphatic hydroxyl groups is 3. The van der Waals surface area contributed by atoms with Crippen molar-refractivity contribution in [1.82, 2.24) is 0 Å². The van der Waals surface area contributed by atoms with Crippen LogP contribution in [0, 0.1) is 0 Å². The molecule has 3 atom stereocenters. The van der Waals surface area contributed by atoms with E-state index < -0.39 is 38.5 Å². The first-order chi connectivity index (χ1) is 7.19. The summed E-state index contributed by atoms with van der Waals surface area (Å²) in [6.07, 6.45) is -6.44. The van der Waals surface area contributed by atoms with Crippen LogP contribution in [0.2, 0.25) is 0 Å². The average molecular weight is 258 g/mol. The van der Waals surface area contributed by atoms with Gasteiger partial charge >= 0.3 is 7.82 Å². The molecule has 0 rings (SSSR count). The molecule has 0 saturated carbocycles. The lowest BCUT2D eigenvalue weighted by molar-refractivity contribution is -0.144. The van der Waals surface area contributed by atoms with Crippen LogP contribution in [0.5, 0.6) is 0 Å². The fourth-order valence-electron chi connectivity index (χ4n) is 0.720. The van der Waals surface area contributed by atoms with E-state index in [4.69, 9.17) is 25.1 Å². The molecule has 0 spiro atoms. The van der Waals surface area contributed by atoms with Gasteiger partial charge in [0.2, 0.25) is 5.78 Å². The molecule has 10 heteroatoms. The number of hydrogen-bond acceptors (Lipinski definition) is 7. The highest BCUT2D eigenvalue weighted by molar-refractivity contribution is 7.46. The SMILES string of the molecule is O=CC(=O)[C@H](O)[C@H](O)[C@H](O)COP(=O)(O)O. The van der Waals surface area contributed by atoms with Crippen LogP contribution < -0.4 is 0 Å². The van der Waals surface area contributed by atoms with Crippen molar-refractivity contribution in [2.45, 2.75) is 18.3 Å². The monoisotopic (exact) mass is 258 g/mol. The number of ketones is 1.